The van der Waals surface area contributed by atoms with E-state index in [1.807, 2.05) is 0 Å². The number of allylic oxidation sites excluding steroid dienone is 1. The van der Waals surface area contributed by atoms with Crippen LogP contribution in [0.5, 0.6) is 0 Å². The fourth-order valence-corrected chi connectivity index (χ4v) is 7.20. The molecule has 0 aliphatic heterocycles. The Morgan fingerprint density at radius 3 is 2.56 bits per heavy atom. The van der Waals surface area contributed by atoms with Crippen LogP contribution >= 0.6 is 0 Å². The molecule has 0 radical (unpaired) electrons. The molecule has 4 saturated carbocycles. The largest absolute Gasteiger partial charge is 0.0993 e. The van der Waals surface area contributed by atoms with E-state index in [1.54, 1.807) is 5.57 Å². The van der Waals surface area contributed by atoms with Crippen LogP contribution in [0, 0.1) is 27.6 Å². The molecule has 0 saturated heterocycles. The minimum absolute atomic E-state index is 0.610. The van der Waals surface area contributed by atoms with Gasteiger partial charge in [0.15, 0.2) is 0 Å². The zero-order valence-electron chi connectivity index (χ0n) is 11.0. The second-order valence-corrected chi connectivity index (χ2v) is 7.92. The normalized spacial score (nSPS) is 60.7. The van der Waals surface area contributed by atoms with Gasteiger partial charge in [-0.15, -0.1) is 0 Å². The molecule has 0 aromatic carbocycles. The van der Waals surface area contributed by atoms with Crippen molar-refractivity contribution in [3.05, 3.63) is 12.2 Å². The Morgan fingerprint density at radius 2 is 1.94 bits per heavy atom. The van der Waals surface area contributed by atoms with E-state index < -0.39 is 0 Å². The van der Waals surface area contributed by atoms with Crippen LogP contribution < -0.4 is 0 Å². The summed E-state index contributed by atoms with van der Waals surface area (Å²) in [7, 11) is 0. The zero-order chi connectivity index (χ0) is 11.4. The Bertz CT molecular complexity index is 404. The third-order valence-corrected chi connectivity index (χ3v) is 7.47. The van der Waals surface area contributed by atoms with Crippen LogP contribution in [0.25, 0.3) is 0 Å². The van der Waals surface area contributed by atoms with E-state index in [0.29, 0.717) is 16.2 Å². The maximum atomic E-state index is 4.48. The molecule has 0 nitrogen and oxygen atoms in total. The molecule has 0 heterocycles. The SMILES string of the molecule is C=C1CCC[C@@]2(C)[C@@]13CC[C@H]1C(C)(C)C[C@@]123. The fraction of sp³-hybridized carbons (Fsp3) is 0.875. The van der Waals surface area contributed by atoms with E-state index >= 15 is 0 Å². The zero-order valence-corrected chi connectivity index (χ0v) is 11.0. The Kier molecular flexibility index (Phi) is 1.33. The van der Waals surface area contributed by atoms with Crippen molar-refractivity contribution >= 4 is 0 Å². The van der Waals surface area contributed by atoms with E-state index in [-0.39, 0.29) is 0 Å². The van der Waals surface area contributed by atoms with Crippen molar-refractivity contribution in [3.8, 4) is 0 Å². The Balaban J connectivity index is 1.86. The first kappa shape index (κ1) is 9.74. The highest BCUT2D eigenvalue weighted by molar-refractivity contribution is 5.49. The van der Waals surface area contributed by atoms with E-state index in [2.05, 4.69) is 27.4 Å². The van der Waals surface area contributed by atoms with Crippen molar-refractivity contribution in [2.24, 2.45) is 27.6 Å². The topological polar surface area (TPSA) is 0 Å². The van der Waals surface area contributed by atoms with Gasteiger partial charge in [-0.1, -0.05) is 32.9 Å². The Labute approximate surface area is 99.5 Å². The van der Waals surface area contributed by atoms with E-state index in [1.165, 1.54) is 38.5 Å². The quantitative estimate of drug-likeness (QED) is 0.521. The molecule has 0 amide bonds. The monoisotopic (exact) mass is 216 g/mol. The first-order chi connectivity index (χ1) is 7.42. The van der Waals surface area contributed by atoms with Crippen LogP contribution in [0.2, 0.25) is 0 Å². The van der Waals surface area contributed by atoms with Gasteiger partial charge < -0.3 is 0 Å². The van der Waals surface area contributed by atoms with E-state index in [0.717, 1.165) is 11.3 Å². The van der Waals surface area contributed by atoms with Crippen LogP contribution in [-0.2, 0) is 0 Å². The summed E-state index contributed by atoms with van der Waals surface area (Å²) in [5.41, 5.74) is 4.26. The summed E-state index contributed by atoms with van der Waals surface area (Å²) in [5.74, 6) is 1.01. The van der Waals surface area contributed by atoms with E-state index in [9.17, 15) is 0 Å². The lowest BCUT2D eigenvalue weighted by Gasteiger charge is -2.54. The highest BCUT2D eigenvalue weighted by atomic mass is 15.0. The van der Waals surface area contributed by atoms with Gasteiger partial charge in [0.25, 0.3) is 0 Å². The van der Waals surface area contributed by atoms with Crippen molar-refractivity contribution in [1.82, 2.24) is 0 Å². The minimum atomic E-state index is 0.610. The molecule has 0 aromatic rings. The fourth-order valence-electron chi connectivity index (χ4n) is 7.20. The first-order valence-corrected chi connectivity index (χ1v) is 7.11. The number of hydrogen-bond acceptors (Lipinski definition) is 0. The maximum absolute atomic E-state index is 4.48. The highest BCUT2D eigenvalue weighted by Crippen LogP contribution is 2.99. The molecular weight excluding hydrogens is 192 g/mol. The van der Waals surface area contributed by atoms with Gasteiger partial charge in [-0.25, -0.2) is 0 Å². The van der Waals surface area contributed by atoms with Crippen molar-refractivity contribution < 1.29 is 0 Å². The Hall–Kier alpha value is -0.260. The smallest absolute Gasteiger partial charge is 0.00337 e. The molecule has 0 bridgehead atoms. The molecule has 4 atom stereocenters. The third-order valence-electron chi connectivity index (χ3n) is 7.47. The number of rotatable bonds is 0. The standard InChI is InChI=1S/C16H24/c1-11-6-5-8-14(4)15(11)9-7-12-13(2,3)10-16(12,14)15/h12H,1,5-10H2,2-4H3/t12-,14-,15+,16+/m0/s1. The summed E-state index contributed by atoms with van der Waals surface area (Å²) in [6, 6.07) is 0. The molecule has 0 aromatic heterocycles. The predicted octanol–water partition coefficient (Wildman–Crippen LogP) is 4.56. The van der Waals surface area contributed by atoms with Gasteiger partial charge in [-0.3, -0.25) is 0 Å². The molecule has 2 spiro atoms. The lowest BCUT2D eigenvalue weighted by atomic mass is 9.50. The summed E-state index contributed by atoms with van der Waals surface area (Å²) in [4.78, 5) is 0. The lowest BCUT2D eigenvalue weighted by molar-refractivity contribution is -0.0530. The van der Waals surface area contributed by atoms with Gasteiger partial charge in [0.1, 0.15) is 0 Å². The molecule has 4 aliphatic rings. The summed E-state index contributed by atoms with van der Waals surface area (Å²) < 4.78 is 0. The van der Waals surface area contributed by atoms with Gasteiger partial charge in [-0.2, -0.15) is 0 Å². The molecular formula is C16H24. The van der Waals surface area contributed by atoms with Crippen LogP contribution in [0.1, 0.15) is 59.3 Å². The Morgan fingerprint density at radius 1 is 1.19 bits per heavy atom. The third kappa shape index (κ3) is 0.585. The molecule has 88 valence electrons. The van der Waals surface area contributed by atoms with Gasteiger partial charge in [0.2, 0.25) is 0 Å². The maximum Gasteiger partial charge on any atom is 0.00337 e. The number of hydrogen-bond donors (Lipinski definition) is 0. The summed E-state index contributed by atoms with van der Waals surface area (Å²) in [5, 5.41) is 0. The first-order valence-electron chi connectivity index (χ1n) is 7.11. The van der Waals surface area contributed by atoms with Crippen molar-refractivity contribution in [3.63, 3.8) is 0 Å². The molecule has 4 rings (SSSR count). The van der Waals surface area contributed by atoms with Gasteiger partial charge >= 0.3 is 0 Å². The minimum Gasteiger partial charge on any atom is -0.0993 e. The molecule has 0 heteroatoms. The average Bonchev–Trinajstić information content (AvgIpc) is 2.53. The van der Waals surface area contributed by atoms with Crippen LogP contribution in [-0.4, -0.2) is 0 Å². The van der Waals surface area contributed by atoms with Crippen molar-refractivity contribution in [2.45, 2.75) is 59.3 Å². The van der Waals surface area contributed by atoms with Gasteiger partial charge in [0.05, 0.1) is 0 Å². The second-order valence-electron chi connectivity index (χ2n) is 7.92. The molecule has 0 N–H and O–H groups in total. The van der Waals surface area contributed by atoms with Gasteiger partial charge in [-0.05, 0) is 60.7 Å². The van der Waals surface area contributed by atoms with Crippen LogP contribution in [0.15, 0.2) is 12.2 Å². The summed E-state index contributed by atoms with van der Waals surface area (Å²) >= 11 is 0. The van der Waals surface area contributed by atoms with Crippen LogP contribution in [0.4, 0.5) is 0 Å². The predicted molar refractivity (Wildman–Crippen MR) is 67.1 cm³/mol. The van der Waals surface area contributed by atoms with Crippen molar-refractivity contribution in [2.75, 3.05) is 0 Å². The second kappa shape index (κ2) is 2.18. The summed E-state index contributed by atoms with van der Waals surface area (Å²) in [6.45, 7) is 12.1. The average molecular weight is 216 g/mol. The van der Waals surface area contributed by atoms with Crippen molar-refractivity contribution in [1.29, 1.82) is 0 Å². The molecule has 4 fully saturated rings. The summed E-state index contributed by atoms with van der Waals surface area (Å²) in [6.07, 6.45) is 8.66. The molecule has 0 unspecified atom stereocenters. The van der Waals surface area contributed by atoms with Gasteiger partial charge in [0, 0.05) is 5.41 Å². The van der Waals surface area contributed by atoms with E-state index in [4.69, 9.17) is 0 Å². The van der Waals surface area contributed by atoms with Crippen LogP contribution in [0.3, 0.4) is 0 Å². The lowest BCUT2D eigenvalue weighted by Crippen LogP contribution is -2.47. The molecule has 4 aliphatic carbocycles. The molecule has 16 heavy (non-hydrogen) atoms. The highest BCUT2D eigenvalue weighted by Gasteiger charge is 2.93.